The van der Waals surface area contributed by atoms with Gasteiger partial charge in [-0.25, -0.2) is 0 Å². The molecule has 0 spiro atoms. The molecular formula is C15H25NO2. The molecule has 1 aromatic rings. The average molecular weight is 251 g/mol. The van der Waals surface area contributed by atoms with E-state index >= 15 is 0 Å². The minimum Gasteiger partial charge on any atom is -0.388 e. The third-order valence-electron chi connectivity index (χ3n) is 3.28. The van der Waals surface area contributed by atoms with Gasteiger partial charge in [0.15, 0.2) is 0 Å². The second kappa shape index (κ2) is 7.39. The maximum atomic E-state index is 9.78. The summed E-state index contributed by atoms with van der Waals surface area (Å²) in [5.41, 5.74) is 2.16. The zero-order chi connectivity index (χ0) is 13.5. The Bertz CT molecular complexity index is 337. The van der Waals surface area contributed by atoms with Gasteiger partial charge in [0.2, 0.25) is 0 Å². The second-order valence-electron chi connectivity index (χ2n) is 4.61. The van der Waals surface area contributed by atoms with Crippen LogP contribution >= 0.6 is 0 Å². The predicted octanol–water partition coefficient (Wildman–Crippen LogP) is 2.99. The van der Waals surface area contributed by atoms with Gasteiger partial charge in [-0.05, 0) is 38.0 Å². The van der Waals surface area contributed by atoms with Gasteiger partial charge in [0.05, 0.1) is 12.7 Å². The van der Waals surface area contributed by atoms with E-state index in [1.807, 2.05) is 19.1 Å². The third kappa shape index (κ3) is 3.72. The first-order valence-electron chi connectivity index (χ1n) is 6.67. The summed E-state index contributed by atoms with van der Waals surface area (Å²) in [4.78, 5) is 2.30. The van der Waals surface area contributed by atoms with E-state index in [2.05, 4.69) is 30.9 Å². The van der Waals surface area contributed by atoms with Gasteiger partial charge in [-0.15, -0.1) is 0 Å². The predicted molar refractivity (Wildman–Crippen MR) is 76.1 cm³/mol. The van der Waals surface area contributed by atoms with Crippen LogP contribution in [0, 0.1) is 0 Å². The number of aliphatic hydroxyl groups excluding tert-OH is 1. The Morgan fingerprint density at radius 1 is 1.22 bits per heavy atom. The fourth-order valence-corrected chi connectivity index (χ4v) is 2.20. The van der Waals surface area contributed by atoms with Crippen LogP contribution in [0.2, 0.25) is 0 Å². The molecule has 1 N–H and O–H groups in total. The number of rotatable bonds is 7. The van der Waals surface area contributed by atoms with E-state index in [-0.39, 0.29) is 6.10 Å². The molecule has 0 aliphatic rings. The lowest BCUT2D eigenvalue weighted by Crippen LogP contribution is -2.36. The minimum absolute atomic E-state index is 0.349. The monoisotopic (exact) mass is 251 g/mol. The molecule has 0 bridgehead atoms. The summed E-state index contributed by atoms with van der Waals surface area (Å²) < 4.78 is 5.21. The highest BCUT2D eigenvalue weighted by Crippen LogP contribution is 2.22. The quantitative estimate of drug-likeness (QED) is 0.808. The Morgan fingerprint density at radius 3 is 2.28 bits per heavy atom. The van der Waals surface area contributed by atoms with E-state index in [0.29, 0.717) is 12.6 Å². The lowest BCUT2D eigenvalue weighted by atomic mass is 10.1. The average Bonchev–Trinajstić information content (AvgIpc) is 2.40. The molecule has 0 aromatic heterocycles. The molecule has 18 heavy (non-hydrogen) atoms. The molecule has 3 nitrogen and oxygen atoms in total. The molecule has 0 heterocycles. The van der Waals surface area contributed by atoms with E-state index in [1.165, 1.54) is 5.69 Å². The first-order chi connectivity index (χ1) is 8.63. The first-order valence-corrected chi connectivity index (χ1v) is 6.67. The summed E-state index contributed by atoms with van der Waals surface area (Å²) in [6, 6.07) is 8.51. The van der Waals surface area contributed by atoms with Crippen molar-refractivity contribution in [1.82, 2.24) is 0 Å². The molecule has 0 aliphatic heterocycles. The van der Waals surface area contributed by atoms with Crippen molar-refractivity contribution in [2.45, 2.75) is 39.3 Å². The summed E-state index contributed by atoms with van der Waals surface area (Å²) in [6.07, 6.45) is 0.391. The van der Waals surface area contributed by atoms with Crippen molar-refractivity contribution in [3.63, 3.8) is 0 Å². The molecule has 0 aliphatic carbocycles. The fraction of sp³-hybridized carbons (Fsp3) is 0.600. The van der Waals surface area contributed by atoms with Gasteiger partial charge in [0.1, 0.15) is 0 Å². The molecule has 0 saturated carbocycles. The molecule has 0 saturated heterocycles. The van der Waals surface area contributed by atoms with Crippen molar-refractivity contribution < 1.29 is 9.84 Å². The number of nitrogens with zero attached hydrogens (tertiary/aromatic N) is 1. The van der Waals surface area contributed by atoms with Crippen LogP contribution in [-0.2, 0) is 4.74 Å². The number of ether oxygens (including phenoxy) is 1. The molecule has 102 valence electrons. The highest BCUT2D eigenvalue weighted by molar-refractivity contribution is 5.48. The van der Waals surface area contributed by atoms with Crippen molar-refractivity contribution >= 4 is 5.69 Å². The molecule has 2 atom stereocenters. The van der Waals surface area contributed by atoms with Crippen molar-refractivity contribution in [3.8, 4) is 0 Å². The van der Waals surface area contributed by atoms with Crippen LogP contribution < -0.4 is 4.90 Å². The highest BCUT2D eigenvalue weighted by atomic mass is 16.5. The van der Waals surface area contributed by atoms with Crippen LogP contribution in [-0.4, -0.2) is 31.4 Å². The zero-order valence-corrected chi connectivity index (χ0v) is 11.9. The first kappa shape index (κ1) is 15.0. The van der Waals surface area contributed by atoms with Crippen LogP contribution in [0.4, 0.5) is 5.69 Å². The Kier molecular flexibility index (Phi) is 6.16. The Balaban J connectivity index is 2.81. The number of benzene rings is 1. The summed E-state index contributed by atoms with van der Waals surface area (Å²) in [5, 5.41) is 9.78. The van der Waals surface area contributed by atoms with Gasteiger partial charge in [-0.1, -0.05) is 19.1 Å². The standard InChI is InChI=1S/C15H25NO2/c1-5-15(17)13-7-9-14(10-8-13)16(6-2)12(3)11-18-4/h7-10,12,15,17H,5-6,11H2,1-4H3/t12?,15-/m0/s1. The summed E-state index contributed by atoms with van der Waals surface area (Å²) in [6.45, 7) is 7.94. The number of aliphatic hydroxyl groups is 1. The number of anilines is 1. The number of likely N-dealkylation sites (N-methyl/N-ethyl adjacent to an activating group) is 1. The Labute approximate surface area is 110 Å². The Morgan fingerprint density at radius 2 is 1.83 bits per heavy atom. The van der Waals surface area contributed by atoms with Crippen molar-refractivity contribution in [3.05, 3.63) is 29.8 Å². The van der Waals surface area contributed by atoms with E-state index < -0.39 is 0 Å². The third-order valence-corrected chi connectivity index (χ3v) is 3.28. The second-order valence-corrected chi connectivity index (χ2v) is 4.61. The van der Waals surface area contributed by atoms with Crippen LogP contribution in [0.15, 0.2) is 24.3 Å². The molecule has 1 unspecified atom stereocenters. The van der Waals surface area contributed by atoms with Crippen molar-refractivity contribution in [2.24, 2.45) is 0 Å². The van der Waals surface area contributed by atoms with Gasteiger partial charge >= 0.3 is 0 Å². The Hall–Kier alpha value is -1.06. The molecular weight excluding hydrogens is 226 g/mol. The van der Waals surface area contributed by atoms with Crippen LogP contribution in [0.1, 0.15) is 38.9 Å². The van der Waals surface area contributed by atoms with Crippen molar-refractivity contribution in [1.29, 1.82) is 0 Å². The number of hydrogen-bond donors (Lipinski definition) is 1. The van der Waals surface area contributed by atoms with E-state index in [0.717, 1.165) is 18.5 Å². The van der Waals surface area contributed by atoms with Gasteiger partial charge in [0.25, 0.3) is 0 Å². The molecule has 3 heteroatoms. The lowest BCUT2D eigenvalue weighted by molar-refractivity contribution is 0.173. The smallest absolute Gasteiger partial charge is 0.0787 e. The van der Waals surface area contributed by atoms with E-state index in [9.17, 15) is 5.11 Å². The van der Waals surface area contributed by atoms with E-state index in [4.69, 9.17) is 4.74 Å². The zero-order valence-electron chi connectivity index (χ0n) is 11.9. The van der Waals surface area contributed by atoms with Crippen LogP contribution in [0.5, 0.6) is 0 Å². The molecule has 0 fully saturated rings. The number of hydrogen-bond acceptors (Lipinski definition) is 3. The summed E-state index contributed by atoms with van der Waals surface area (Å²) >= 11 is 0. The maximum Gasteiger partial charge on any atom is 0.0787 e. The molecule has 1 aromatic carbocycles. The SMILES string of the molecule is CC[C@H](O)c1ccc(N(CC)C(C)COC)cc1. The van der Waals surface area contributed by atoms with Gasteiger partial charge in [0, 0.05) is 25.4 Å². The van der Waals surface area contributed by atoms with Crippen molar-refractivity contribution in [2.75, 3.05) is 25.2 Å². The topological polar surface area (TPSA) is 32.7 Å². The molecule has 0 radical (unpaired) electrons. The fourth-order valence-electron chi connectivity index (χ4n) is 2.20. The van der Waals surface area contributed by atoms with Gasteiger partial charge in [-0.2, -0.15) is 0 Å². The summed E-state index contributed by atoms with van der Waals surface area (Å²) in [7, 11) is 1.73. The van der Waals surface area contributed by atoms with E-state index in [1.54, 1.807) is 7.11 Å². The highest BCUT2D eigenvalue weighted by Gasteiger charge is 2.13. The summed E-state index contributed by atoms with van der Waals surface area (Å²) in [5.74, 6) is 0. The largest absolute Gasteiger partial charge is 0.388 e. The minimum atomic E-state index is -0.356. The van der Waals surface area contributed by atoms with Gasteiger partial charge in [-0.3, -0.25) is 0 Å². The molecule has 1 rings (SSSR count). The normalized spacial score (nSPS) is 14.3. The van der Waals surface area contributed by atoms with Gasteiger partial charge < -0.3 is 14.7 Å². The van der Waals surface area contributed by atoms with Crippen LogP contribution in [0.25, 0.3) is 0 Å². The number of methoxy groups -OCH3 is 1. The lowest BCUT2D eigenvalue weighted by Gasteiger charge is -2.30. The van der Waals surface area contributed by atoms with Crippen LogP contribution in [0.3, 0.4) is 0 Å². The maximum absolute atomic E-state index is 9.78. The molecule has 0 amide bonds.